The van der Waals surface area contributed by atoms with E-state index in [1.807, 2.05) is 6.92 Å². The summed E-state index contributed by atoms with van der Waals surface area (Å²) in [5, 5.41) is 0. The molecule has 2 aromatic heterocycles. The van der Waals surface area contributed by atoms with E-state index in [1.165, 1.54) is 19.4 Å². The first-order valence-corrected chi connectivity index (χ1v) is 12.7. The molecule has 1 N–H and O–H groups in total. The van der Waals surface area contributed by atoms with Crippen molar-refractivity contribution in [1.82, 2.24) is 9.97 Å². The van der Waals surface area contributed by atoms with Crippen LogP contribution in [0.15, 0.2) is 73.1 Å². The molecule has 0 saturated carbocycles. The molecule has 2 heterocycles. The van der Waals surface area contributed by atoms with Crippen LogP contribution in [0.4, 0.5) is 4.39 Å². The number of carbonyl (C=O) groups excluding carboxylic acids is 3. The van der Waals surface area contributed by atoms with E-state index in [0.717, 1.165) is 11.1 Å². The summed E-state index contributed by atoms with van der Waals surface area (Å²) >= 11 is 0. The van der Waals surface area contributed by atoms with Gasteiger partial charge in [0.25, 0.3) is 0 Å². The molecule has 4 aromatic rings. The number of methoxy groups -OCH3 is 1. The molecule has 40 heavy (non-hydrogen) atoms. The molecule has 2 aromatic carbocycles. The Labute approximate surface area is 231 Å². The molecular formula is C31H29FN2O6. The van der Waals surface area contributed by atoms with Crippen LogP contribution in [0.1, 0.15) is 39.9 Å². The summed E-state index contributed by atoms with van der Waals surface area (Å²) < 4.78 is 29.7. The molecule has 0 aliphatic heterocycles. The second kappa shape index (κ2) is 13.3. The van der Waals surface area contributed by atoms with Gasteiger partial charge in [0.05, 0.1) is 30.7 Å². The van der Waals surface area contributed by atoms with Gasteiger partial charge in [-0.2, -0.15) is 0 Å². The number of aromatic nitrogens is 2. The number of pyridine rings is 1. The smallest absolute Gasteiger partial charge is 0.339 e. The average molecular weight is 545 g/mol. The number of nitrogens with one attached hydrogen (secondary N) is 1. The first-order valence-electron chi connectivity index (χ1n) is 12.7. The third kappa shape index (κ3) is 7.86. The lowest BCUT2D eigenvalue weighted by molar-refractivity contribution is -0.140. The Bertz CT molecular complexity index is 1500. The van der Waals surface area contributed by atoms with Gasteiger partial charge in [-0.1, -0.05) is 29.8 Å². The van der Waals surface area contributed by atoms with Gasteiger partial charge in [-0.3, -0.25) is 14.6 Å². The number of ketones is 1. The fourth-order valence-electron chi connectivity index (χ4n) is 4.00. The van der Waals surface area contributed by atoms with Crippen molar-refractivity contribution >= 4 is 17.7 Å². The lowest BCUT2D eigenvalue weighted by atomic mass is 10.0. The predicted molar refractivity (Wildman–Crippen MR) is 146 cm³/mol. The van der Waals surface area contributed by atoms with Gasteiger partial charge < -0.3 is 19.2 Å². The monoisotopic (exact) mass is 544 g/mol. The van der Waals surface area contributed by atoms with Gasteiger partial charge in [0, 0.05) is 37.7 Å². The van der Waals surface area contributed by atoms with Gasteiger partial charge in [-0.25, -0.2) is 9.18 Å². The minimum Gasteiger partial charge on any atom is -0.469 e. The number of hydrogen-bond acceptors (Lipinski definition) is 7. The van der Waals surface area contributed by atoms with Crippen molar-refractivity contribution in [3.63, 3.8) is 0 Å². The SMILES string of the molecule is COC(=O)CCCOC(=O)c1c[nH]c(-c2cc(Oc3ccc(CC(=O)Cc4cc(C)ccc4F)cc3)ccn2)c1. The van der Waals surface area contributed by atoms with E-state index in [4.69, 9.17) is 9.47 Å². The summed E-state index contributed by atoms with van der Waals surface area (Å²) in [7, 11) is 1.31. The molecule has 8 nitrogen and oxygen atoms in total. The maximum atomic E-state index is 14.0. The minimum atomic E-state index is -0.512. The summed E-state index contributed by atoms with van der Waals surface area (Å²) in [6.45, 7) is 1.97. The summed E-state index contributed by atoms with van der Waals surface area (Å²) in [4.78, 5) is 43.3. The number of ether oxygens (including phenoxy) is 3. The molecule has 0 radical (unpaired) electrons. The van der Waals surface area contributed by atoms with Crippen LogP contribution in [0.5, 0.6) is 11.5 Å². The van der Waals surface area contributed by atoms with E-state index in [2.05, 4.69) is 14.7 Å². The highest BCUT2D eigenvalue weighted by Crippen LogP contribution is 2.26. The number of aromatic amines is 1. The van der Waals surface area contributed by atoms with Crippen LogP contribution < -0.4 is 4.74 Å². The maximum absolute atomic E-state index is 14.0. The van der Waals surface area contributed by atoms with Gasteiger partial charge in [-0.05, 0) is 54.8 Å². The Kier molecular flexibility index (Phi) is 9.40. The van der Waals surface area contributed by atoms with E-state index < -0.39 is 5.97 Å². The van der Waals surface area contributed by atoms with Crippen molar-refractivity contribution in [1.29, 1.82) is 0 Å². The fourth-order valence-corrected chi connectivity index (χ4v) is 4.00. The fraction of sp³-hybridized carbons (Fsp3) is 0.226. The molecule has 206 valence electrons. The zero-order valence-corrected chi connectivity index (χ0v) is 22.2. The van der Waals surface area contributed by atoms with Crippen molar-refractivity contribution in [2.45, 2.75) is 32.6 Å². The Balaban J connectivity index is 1.32. The Morgan fingerprint density at radius 1 is 0.950 bits per heavy atom. The number of esters is 2. The van der Waals surface area contributed by atoms with Crippen molar-refractivity contribution < 1.29 is 33.0 Å². The predicted octanol–water partition coefficient (Wildman–Crippen LogP) is 5.78. The summed E-state index contributed by atoms with van der Waals surface area (Å²) in [6, 6.07) is 16.9. The number of halogens is 1. The highest BCUT2D eigenvalue weighted by atomic mass is 19.1. The van der Waals surface area contributed by atoms with Crippen LogP contribution in [0.25, 0.3) is 11.4 Å². The van der Waals surface area contributed by atoms with Gasteiger partial charge in [-0.15, -0.1) is 0 Å². The molecule has 0 atom stereocenters. The topological polar surface area (TPSA) is 108 Å². The van der Waals surface area contributed by atoms with Crippen LogP contribution in [0, 0.1) is 12.7 Å². The highest BCUT2D eigenvalue weighted by Gasteiger charge is 2.13. The Morgan fingerprint density at radius 3 is 2.52 bits per heavy atom. The van der Waals surface area contributed by atoms with Crippen LogP contribution in [0.3, 0.4) is 0 Å². The van der Waals surface area contributed by atoms with Gasteiger partial charge in [0.15, 0.2) is 0 Å². The van der Waals surface area contributed by atoms with E-state index in [0.29, 0.717) is 40.4 Å². The molecule has 0 aliphatic rings. The molecule has 4 rings (SSSR count). The van der Waals surface area contributed by atoms with Crippen molar-refractivity contribution in [2.24, 2.45) is 0 Å². The molecule has 0 amide bonds. The van der Waals surface area contributed by atoms with Crippen LogP contribution in [0.2, 0.25) is 0 Å². The molecular weight excluding hydrogens is 515 g/mol. The van der Waals surface area contributed by atoms with Gasteiger partial charge in [0.1, 0.15) is 23.1 Å². The van der Waals surface area contributed by atoms with E-state index in [1.54, 1.807) is 60.8 Å². The standard InChI is InChI=1S/C31H29FN2O6/c1-20-5-10-27(32)22(14-20)16-24(35)15-21-6-8-25(9-7-21)40-26-11-12-33-29(18-26)28-17-23(19-34-28)31(37)39-13-3-4-30(36)38-2/h5-12,14,17-19,34H,3-4,13,15-16H2,1-2H3. The first kappa shape index (κ1) is 28.2. The number of aryl methyl sites for hydroxylation is 1. The summed E-state index contributed by atoms with van der Waals surface area (Å²) in [5.41, 5.74) is 3.61. The quantitative estimate of drug-likeness (QED) is 0.178. The van der Waals surface area contributed by atoms with Gasteiger partial charge in [0.2, 0.25) is 0 Å². The molecule has 9 heteroatoms. The van der Waals surface area contributed by atoms with E-state index >= 15 is 0 Å². The third-order valence-corrected chi connectivity index (χ3v) is 6.06. The molecule has 0 spiro atoms. The number of hydrogen-bond donors (Lipinski definition) is 1. The van der Waals surface area contributed by atoms with Gasteiger partial charge >= 0.3 is 11.9 Å². The molecule has 0 fully saturated rings. The average Bonchev–Trinajstić information content (AvgIpc) is 3.45. The largest absolute Gasteiger partial charge is 0.469 e. The maximum Gasteiger partial charge on any atom is 0.339 e. The van der Waals surface area contributed by atoms with Crippen LogP contribution in [-0.2, 0) is 31.9 Å². The minimum absolute atomic E-state index is 0.0408. The molecule has 0 aliphatic carbocycles. The van der Waals surface area contributed by atoms with Crippen molar-refractivity contribution in [3.05, 3.63) is 101 Å². The Hall–Kier alpha value is -4.79. The van der Waals surface area contributed by atoms with Crippen molar-refractivity contribution in [3.8, 4) is 22.9 Å². The number of benzene rings is 2. The van der Waals surface area contributed by atoms with E-state index in [9.17, 15) is 18.8 Å². The second-order valence-corrected chi connectivity index (χ2v) is 9.23. The highest BCUT2D eigenvalue weighted by molar-refractivity contribution is 5.90. The van der Waals surface area contributed by atoms with Crippen molar-refractivity contribution in [2.75, 3.05) is 13.7 Å². The molecule has 0 saturated heterocycles. The normalized spacial score (nSPS) is 10.7. The number of H-pyrrole nitrogens is 1. The number of Topliss-reactive ketones (excluding diaryl/α,β-unsaturated/α-hetero) is 1. The summed E-state index contributed by atoms with van der Waals surface area (Å²) in [6.07, 6.45) is 3.90. The second-order valence-electron chi connectivity index (χ2n) is 9.23. The summed E-state index contributed by atoms with van der Waals surface area (Å²) in [5.74, 6) is -0.214. The lowest BCUT2D eigenvalue weighted by Gasteiger charge is -2.08. The number of nitrogens with zero attached hydrogens (tertiary/aromatic N) is 1. The van der Waals surface area contributed by atoms with Crippen LogP contribution >= 0.6 is 0 Å². The Morgan fingerprint density at radius 2 is 1.75 bits per heavy atom. The van der Waals surface area contributed by atoms with E-state index in [-0.39, 0.29) is 43.4 Å². The third-order valence-electron chi connectivity index (χ3n) is 6.06. The first-order chi connectivity index (χ1) is 19.3. The molecule has 0 unspecified atom stereocenters. The zero-order valence-electron chi connectivity index (χ0n) is 22.2. The van der Waals surface area contributed by atoms with Crippen LogP contribution in [-0.4, -0.2) is 41.4 Å². The number of carbonyl (C=O) groups is 3. The molecule has 0 bridgehead atoms. The lowest BCUT2D eigenvalue weighted by Crippen LogP contribution is -2.08. The number of rotatable bonds is 12. The zero-order chi connectivity index (χ0) is 28.5.